The van der Waals surface area contributed by atoms with Crippen LogP contribution >= 0.6 is 23.2 Å². The van der Waals surface area contributed by atoms with Gasteiger partial charge in [-0.3, -0.25) is 4.79 Å². The molecule has 0 aromatic heterocycles. The molecule has 1 aliphatic heterocycles. The van der Waals surface area contributed by atoms with Gasteiger partial charge in [0, 0.05) is 30.1 Å². The maximum atomic E-state index is 12.8. The summed E-state index contributed by atoms with van der Waals surface area (Å²) in [4.78, 5) is 12.8. The van der Waals surface area contributed by atoms with Crippen molar-refractivity contribution in [2.75, 3.05) is 25.4 Å². The Kier molecular flexibility index (Phi) is 7.45. The van der Waals surface area contributed by atoms with Crippen molar-refractivity contribution < 1.29 is 13.2 Å². The fourth-order valence-corrected chi connectivity index (χ4v) is 5.84. The quantitative estimate of drug-likeness (QED) is 0.650. The number of benzene rings is 2. The van der Waals surface area contributed by atoms with E-state index in [-0.39, 0.29) is 17.1 Å². The van der Waals surface area contributed by atoms with E-state index in [4.69, 9.17) is 23.2 Å². The number of hydrogen-bond donors (Lipinski definition) is 1. The second-order valence-corrected chi connectivity index (χ2v) is 10.6. The average molecular weight is 469 g/mol. The van der Waals surface area contributed by atoms with E-state index in [1.54, 1.807) is 22.5 Å². The number of halogens is 2. The summed E-state index contributed by atoms with van der Waals surface area (Å²) in [5.41, 5.74) is 1.07. The molecule has 0 aliphatic carbocycles. The van der Waals surface area contributed by atoms with Crippen LogP contribution in [-0.4, -0.2) is 44.0 Å². The van der Waals surface area contributed by atoms with Gasteiger partial charge in [-0.1, -0.05) is 60.5 Å². The SMILES string of the molecule is CCCS(=O)(=O)N1CCC(CNC(=O)c2cc(Cl)ccc2Cl)(c2ccccc2)CC1. The first-order valence-corrected chi connectivity index (χ1v) is 12.4. The normalized spacial score (nSPS) is 16.9. The molecule has 8 heteroatoms. The van der Waals surface area contributed by atoms with Gasteiger partial charge in [0.05, 0.1) is 16.3 Å². The summed E-state index contributed by atoms with van der Waals surface area (Å²) < 4.78 is 26.5. The highest BCUT2D eigenvalue weighted by Crippen LogP contribution is 2.36. The third-order valence-corrected chi connectivity index (χ3v) is 8.32. The number of nitrogens with zero attached hydrogens (tertiary/aromatic N) is 1. The Morgan fingerprint density at radius 2 is 1.77 bits per heavy atom. The molecule has 5 nitrogen and oxygen atoms in total. The van der Waals surface area contributed by atoms with Crippen LogP contribution in [0, 0.1) is 0 Å². The minimum absolute atomic E-state index is 0.162. The molecule has 1 N–H and O–H groups in total. The first kappa shape index (κ1) is 23.1. The molecular weight excluding hydrogens is 443 g/mol. The third-order valence-electron chi connectivity index (χ3n) is 5.68. The molecule has 2 aromatic rings. The number of amides is 1. The van der Waals surface area contributed by atoms with Crippen LogP contribution in [0.1, 0.15) is 42.1 Å². The predicted molar refractivity (Wildman–Crippen MR) is 122 cm³/mol. The standard InChI is InChI=1S/C22H26Cl2N2O3S/c1-2-14-30(28,29)26-12-10-22(11-13-26,17-6-4-3-5-7-17)16-25-21(27)19-15-18(23)8-9-20(19)24/h3-9,15H,2,10-14,16H2,1H3,(H,25,27). The van der Waals surface area contributed by atoms with Crippen molar-refractivity contribution >= 4 is 39.1 Å². The summed E-state index contributed by atoms with van der Waals surface area (Å²) in [6.07, 6.45) is 1.85. The number of rotatable bonds is 7. The second-order valence-electron chi connectivity index (χ2n) is 7.67. The topological polar surface area (TPSA) is 66.5 Å². The van der Waals surface area contributed by atoms with E-state index in [1.807, 2.05) is 37.3 Å². The van der Waals surface area contributed by atoms with Crippen molar-refractivity contribution in [2.24, 2.45) is 0 Å². The smallest absolute Gasteiger partial charge is 0.252 e. The highest BCUT2D eigenvalue weighted by molar-refractivity contribution is 7.89. The number of hydrogen-bond acceptors (Lipinski definition) is 3. The van der Waals surface area contributed by atoms with Gasteiger partial charge in [-0.05, 0) is 43.0 Å². The highest BCUT2D eigenvalue weighted by Gasteiger charge is 2.39. The Hall–Kier alpha value is -1.60. The fourth-order valence-electron chi connectivity index (χ4n) is 3.95. The molecule has 162 valence electrons. The Bertz CT molecular complexity index is 989. The van der Waals surface area contributed by atoms with Gasteiger partial charge in [0.15, 0.2) is 0 Å². The fraction of sp³-hybridized carbons (Fsp3) is 0.409. The van der Waals surface area contributed by atoms with Crippen molar-refractivity contribution in [3.05, 3.63) is 69.7 Å². The van der Waals surface area contributed by atoms with Crippen molar-refractivity contribution in [1.29, 1.82) is 0 Å². The maximum Gasteiger partial charge on any atom is 0.252 e. The second kappa shape index (κ2) is 9.69. The highest BCUT2D eigenvalue weighted by atomic mass is 35.5. The molecule has 0 unspecified atom stereocenters. The summed E-state index contributed by atoms with van der Waals surface area (Å²) in [6.45, 7) is 3.13. The summed E-state index contributed by atoms with van der Waals surface area (Å²) in [5.74, 6) is -0.131. The molecule has 1 fully saturated rings. The lowest BCUT2D eigenvalue weighted by molar-refractivity contribution is 0.0933. The molecule has 30 heavy (non-hydrogen) atoms. The number of sulfonamides is 1. The van der Waals surface area contributed by atoms with E-state index in [0.717, 1.165) is 5.56 Å². The molecule has 1 heterocycles. The van der Waals surface area contributed by atoms with Crippen LogP contribution in [0.3, 0.4) is 0 Å². The van der Waals surface area contributed by atoms with Crippen LogP contribution in [0.25, 0.3) is 0 Å². The average Bonchev–Trinajstić information content (AvgIpc) is 2.74. The molecular formula is C22H26Cl2N2O3S. The van der Waals surface area contributed by atoms with Crippen LogP contribution < -0.4 is 5.32 Å². The van der Waals surface area contributed by atoms with Gasteiger partial charge in [0.1, 0.15) is 0 Å². The molecule has 2 aromatic carbocycles. The summed E-state index contributed by atoms with van der Waals surface area (Å²) >= 11 is 12.2. The number of nitrogens with one attached hydrogen (secondary N) is 1. The minimum atomic E-state index is -3.24. The number of carbonyl (C=O) groups is 1. The molecule has 0 radical (unpaired) electrons. The molecule has 0 saturated carbocycles. The van der Waals surface area contributed by atoms with Crippen LogP contribution in [0.15, 0.2) is 48.5 Å². The van der Waals surface area contributed by atoms with Gasteiger partial charge in [-0.25, -0.2) is 12.7 Å². The van der Waals surface area contributed by atoms with Crippen molar-refractivity contribution in [2.45, 2.75) is 31.6 Å². The molecule has 1 amide bonds. The lowest BCUT2D eigenvalue weighted by Crippen LogP contribution is -2.50. The van der Waals surface area contributed by atoms with Gasteiger partial charge < -0.3 is 5.32 Å². The van der Waals surface area contributed by atoms with Crippen molar-refractivity contribution in [1.82, 2.24) is 9.62 Å². The van der Waals surface area contributed by atoms with Crippen LogP contribution in [0.4, 0.5) is 0 Å². The lowest BCUT2D eigenvalue weighted by atomic mass is 9.73. The van der Waals surface area contributed by atoms with Gasteiger partial charge in [-0.15, -0.1) is 0 Å². The summed E-state index contributed by atoms with van der Waals surface area (Å²) in [7, 11) is -3.24. The predicted octanol–water partition coefficient (Wildman–Crippen LogP) is 4.50. The first-order chi connectivity index (χ1) is 14.3. The molecule has 0 spiro atoms. The zero-order valence-corrected chi connectivity index (χ0v) is 19.2. The van der Waals surface area contributed by atoms with E-state index < -0.39 is 10.0 Å². The molecule has 1 aliphatic rings. The number of piperidine rings is 1. The van der Waals surface area contributed by atoms with Gasteiger partial charge in [0.25, 0.3) is 5.91 Å². The van der Waals surface area contributed by atoms with Crippen molar-refractivity contribution in [3.8, 4) is 0 Å². The van der Waals surface area contributed by atoms with Crippen molar-refractivity contribution in [3.63, 3.8) is 0 Å². The Morgan fingerprint density at radius 1 is 1.10 bits per heavy atom. The van der Waals surface area contributed by atoms with Crippen LogP contribution in [0.5, 0.6) is 0 Å². The third kappa shape index (κ3) is 5.17. The summed E-state index contributed by atoms with van der Waals surface area (Å²) in [5, 5.41) is 3.79. The zero-order chi connectivity index (χ0) is 21.8. The maximum absolute atomic E-state index is 12.8. The van der Waals surface area contributed by atoms with E-state index >= 15 is 0 Å². The monoisotopic (exact) mass is 468 g/mol. The van der Waals surface area contributed by atoms with Gasteiger partial charge in [0.2, 0.25) is 10.0 Å². The van der Waals surface area contributed by atoms with E-state index in [9.17, 15) is 13.2 Å². The molecule has 0 atom stereocenters. The Labute approximate surface area is 188 Å². The zero-order valence-electron chi connectivity index (χ0n) is 16.9. The molecule has 3 rings (SSSR count). The first-order valence-electron chi connectivity index (χ1n) is 10.0. The Morgan fingerprint density at radius 3 is 2.40 bits per heavy atom. The Balaban J connectivity index is 1.79. The van der Waals surface area contributed by atoms with E-state index in [1.165, 1.54) is 0 Å². The number of carbonyl (C=O) groups excluding carboxylic acids is 1. The van der Waals surface area contributed by atoms with Gasteiger partial charge in [-0.2, -0.15) is 0 Å². The summed E-state index contributed by atoms with van der Waals surface area (Å²) in [6, 6.07) is 14.7. The minimum Gasteiger partial charge on any atom is -0.351 e. The van der Waals surface area contributed by atoms with Crippen LogP contribution in [0.2, 0.25) is 10.0 Å². The molecule has 0 bridgehead atoms. The molecule has 1 saturated heterocycles. The van der Waals surface area contributed by atoms with Crippen LogP contribution in [-0.2, 0) is 15.4 Å². The lowest BCUT2D eigenvalue weighted by Gasteiger charge is -2.42. The van der Waals surface area contributed by atoms with Gasteiger partial charge >= 0.3 is 0 Å². The van der Waals surface area contributed by atoms with E-state index in [2.05, 4.69) is 5.32 Å². The largest absolute Gasteiger partial charge is 0.351 e. The van der Waals surface area contributed by atoms with E-state index in [0.29, 0.717) is 54.5 Å².